The van der Waals surface area contributed by atoms with Crippen LogP contribution in [-0.4, -0.2) is 19.7 Å². The SMILES string of the molecule is CC#CCCC(Cc1ccccc1OC)NCCC. The lowest BCUT2D eigenvalue weighted by molar-refractivity contribution is 0.402. The number of hydrogen-bond donors (Lipinski definition) is 1. The van der Waals surface area contributed by atoms with E-state index in [1.807, 2.05) is 19.1 Å². The fraction of sp³-hybridized carbons (Fsp3) is 0.529. The first-order valence-corrected chi connectivity index (χ1v) is 7.06. The van der Waals surface area contributed by atoms with E-state index in [0.717, 1.165) is 38.0 Å². The van der Waals surface area contributed by atoms with Crippen molar-refractivity contribution in [2.45, 2.75) is 45.6 Å². The molecule has 1 unspecified atom stereocenters. The molecule has 2 nitrogen and oxygen atoms in total. The predicted octanol–water partition coefficient (Wildman–Crippen LogP) is 3.41. The second-order valence-corrected chi connectivity index (χ2v) is 4.63. The van der Waals surface area contributed by atoms with Crippen molar-refractivity contribution in [2.24, 2.45) is 0 Å². The van der Waals surface area contributed by atoms with Gasteiger partial charge < -0.3 is 10.1 Å². The molecule has 0 bridgehead atoms. The monoisotopic (exact) mass is 259 g/mol. The molecular weight excluding hydrogens is 234 g/mol. The first-order valence-electron chi connectivity index (χ1n) is 7.06. The van der Waals surface area contributed by atoms with E-state index in [1.165, 1.54) is 5.56 Å². The van der Waals surface area contributed by atoms with Crippen molar-refractivity contribution in [1.82, 2.24) is 5.32 Å². The van der Waals surface area contributed by atoms with Crippen LogP contribution < -0.4 is 10.1 Å². The first kappa shape index (κ1) is 15.6. The number of ether oxygens (including phenoxy) is 1. The third-order valence-corrected chi connectivity index (χ3v) is 3.14. The normalized spacial score (nSPS) is 11.5. The van der Waals surface area contributed by atoms with E-state index in [-0.39, 0.29) is 0 Å². The molecule has 2 heteroatoms. The molecule has 19 heavy (non-hydrogen) atoms. The molecule has 0 aliphatic carbocycles. The van der Waals surface area contributed by atoms with Gasteiger partial charge in [-0.25, -0.2) is 0 Å². The molecule has 0 amide bonds. The summed E-state index contributed by atoms with van der Waals surface area (Å²) in [5, 5.41) is 3.60. The lowest BCUT2D eigenvalue weighted by Gasteiger charge is -2.19. The summed E-state index contributed by atoms with van der Waals surface area (Å²) in [5.41, 5.74) is 1.27. The quantitative estimate of drug-likeness (QED) is 0.722. The highest BCUT2D eigenvalue weighted by molar-refractivity contribution is 5.33. The van der Waals surface area contributed by atoms with Crippen LogP contribution in [0, 0.1) is 11.8 Å². The van der Waals surface area contributed by atoms with E-state index >= 15 is 0 Å². The molecule has 1 rings (SSSR count). The van der Waals surface area contributed by atoms with Crippen LogP contribution in [0.25, 0.3) is 0 Å². The van der Waals surface area contributed by atoms with E-state index in [4.69, 9.17) is 4.74 Å². The molecule has 104 valence electrons. The van der Waals surface area contributed by atoms with Gasteiger partial charge in [-0.05, 0) is 44.4 Å². The van der Waals surface area contributed by atoms with Crippen molar-refractivity contribution >= 4 is 0 Å². The summed E-state index contributed by atoms with van der Waals surface area (Å²) in [6, 6.07) is 8.72. The average molecular weight is 259 g/mol. The highest BCUT2D eigenvalue weighted by atomic mass is 16.5. The van der Waals surface area contributed by atoms with Gasteiger partial charge in [-0.2, -0.15) is 0 Å². The minimum absolute atomic E-state index is 0.470. The van der Waals surface area contributed by atoms with Crippen LogP contribution in [0.5, 0.6) is 5.75 Å². The number of benzene rings is 1. The van der Waals surface area contributed by atoms with E-state index in [9.17, 15) is 0 Å². The van der Waals surface area contributed by atoms with Gasteiger partial charge >= 0.3 is 0 Å². The van der Waals surface area contributed by atoms with Gasteiger partial charge in [-0.15, -0.1) is 11.8 Å². The Bertz CT molecular complexity index is 417. The number of para-hydroxylation sites is 1. The van der Waals surface area contributed by atoms with Gasteiger partial charge in [-0.3, -0.25) is 0 Å². The molecule has 1 aromatic rings. The Morgan fingerprint density at radius 2 is 2.11 bits per heavy atom. The summed E-state index contributed by atoms with van der Waals surface area (Å²) in [6.45, 7) is 5.15. The van der Waals surface area contributed by atoms with Gasteiger partial charge in [0.25, 0.3) is 0 Å². The second kappa shape index (κ2) is 9.47. The minimum atomic E-state index is 0.470. The van der Waals surface area contributed by atoms with Gasteiger partial charge in [-0.1, -0.05) is 25.1 Å². The van der Waals surface area contributed by atoms with Crippen molar-refractivity contribution in [3.8, 4) is 17.6 Å². The van der Waals surface area contributed by atoms with E-state index in [2.05, 4.69) is 36.2 Å². The summed E-state index contributed by atoms with van der Waals surface area (Å²) in [5.74, 6) is 7.09. The third-order valence-electron chi connectivity index (χ3n) is 3.14. The lowest BCUT2D eigenvalue weighted by atomic mass is 10.0. The summed E-state index contributed by atoms with van der Waals surface area (Å²) >= 11 is 0. The maximum Gasteiger partial charge on any atom is 0.122 e. The fourth-order valence-electron chi connectivity index (χ4n) is 2.13. The standard InChI is InChI=1S/C17H25NO/c1-4-6-7-11-16(18-13-5-2)14-15-10-8-9-12-17(15)19-3/h8-10,12,16,18H,5,7,11,13-14H2,1-3H3. The number of methoxy groups -OCH3 is 1. The molecule has 0 fully saturated rings. The van der Waals surface area contributed by atoms with Crippen LogP contribution >= 0.6 is 0 Å². The maximum absolute atomic E-state index is 5.42. The largest absolute Gasteiger partial charge is 0.496 e. The predicted molar refractivity (Wildman–Crippen MR) is 81.5 cm³/mol. The molecule has 1 N–H and O–H groups in total. The molecule has 0 saturated carbocycles. The molecule has 0 saturated heterocycles. The Balaban J connectivity index is 2.65. The summed E-state index contributed by atoms with van der Waals surface area (Å²) in [4.78, 5) is 0. The number of rotatable bonds is 8. The zero-order valence-corrected chi connectivity index (χ0v) is 12.3. The molecule has 0 radical (unpaired) electrons. The molecular formula is C17H25NO. The van der Waals surface area contributed by atoms with Gasteiger partial charge in [0.15, 0.2) is 0 Å². The van der Waals surface area contributed by atoms with E-state index in [0.29, 0.717) is 6.04 Å². The Labute approximate surface area is 117 Å². The van der Waals surface area contributed by atoms with E-state index < -0.39 is 0 Å². The summed E-state index contributed by atoms with van der Waals surface area (Å²) < 4.78 is 5.42. The Morgan fingerprint density at radius 1 is 1.32 bits per heavy atom. The van der Waals surface area contributed by atoms with Crippen LogP contribution in [0.1, 0.15) is 38.7 Å². The number of nitrogens with one attached hydrogen (secondary N) is 1. The maximum atomic E-state index is 5.42. The Kier molecular flexibility index (Phi) is 7.77. The van der Waals surface area contributed by atoms with Crippen LogP contribution in [0.4, 0.5) is 0 Å². The Morgan fingerprint density at radius 3 is 2.79 bits per heavy atom. The first-order chi connectivity index (χ1) is 9.31. The minimum Gasteiger partial charge on any atom is -0.496 e. The van der Waals surface area contributed by atoms with Gasteiger partial charge in [0.2, 0.25) is 0 Å². The van der Waals surface area contributed by atoms with Gasteiger partial charge in [0, 0.05) is 12.5 Å². The molecule has 0 spiro atoms. The van der Waals surface area contributed by atoms with Crippen LogP contribution in [0.2, 0.25) is 0 Å². The van der Waals surface area contributed by atoms with Crippen molar-refractivity contribution < 1.29 is 4.74 Å². The van der Waals surface area contributed by atoms with Gasteiger partial charge in [0.05, 0.1) is 7.11 Å². The topological polar surface area (TPSA) is 21.3 Å². The highest BCUT2D eigenvalue weighted by Crippen LogP contribution is 2.20. The average Bonchev–Trinajstić information content (AvgIpc) is 2.45. The van der Waals surface area contributed by atoms with Gasteiger partial charge in [0.1, 0.15) is 5.75 Å². The second-order valence-electron chi connectivity index (χ2n) is 4.63. The van der Waals surface area contributed by atoms with Crippen LogP contribution in [-0.2, 0) is 6.42 Å². The molecule has 0 heterocycles. The lowest BCUT2D eigenvalue weighted by Crippen LogP contribution is -2.31. The summed E-state index contributed by atoms with van der Waals surface area (Å²) in [6.07, 6.45) is 4.18. The molecule has 1 atom stereocenters. The van der Waals surface area contributed by atoms with Crippen molar-refractivity contribution in [2.75, 3.05) is 13.7 Å². The van der Waals surface area contributed by atoms with Crippen molar-refractivity contribution in [1.29, 1.82) is 0 Å². The third kappa shape index (κ3) is 5.81. The van der Waals surface area contributed by atoms with Crippen molar-refractivity contribution in [3.63, 3.8) is 0 Å². The molecule has 0 aliphatic heterocycles. The Hall–Kier alpha value is -1.46. The van der Waals surface area contributed by atoms with Crippen molar-refractivity contribution in [3.05, 3.63) is 29.8 Å². The molecule has 0 aromatic heterocycles. The van der Waals surface area contributed by atoms with Crippen LogP contribution in [0.3, 0.4) is 0 Å². The zero-order valence-electron chi connectivity index (χ0n) is 12.3. The highest BCUT2D eigenvalue weighted by Gasteiger charge is 2.11. The number of hydrogen-bond acceptors (Lipinski definition) is 2. The molecule has 0 aliphatic rings. The zero-order chi connectivity index (χ0) is 13.9. The summed E-state index contributed by atoms with van der Waals surface area (Å²) in [7, 11) is 1.73. The smallest absolute Gasteiger partial charge is 0.122 e. The molecule has 1 aromatic carbocycles. The van der Waals surface area contributed by atoms with E-state index in [1.54, 1.807) is 7.11 Å². The van der Waals surface area contributed by atoms with Crippen LogP contribution in [0.15, 0.2) is 24.3 Å². The fourth-order valence-corrected chi connectivity index (χ4v) is 2.13.